The summed E-state index contributed by atoms with van der Waals surface area (Å²) in [5, 5.41) is 12.3. The van der Waals surface area contributed by atoms with E-state index in [1.807, 2.05) is 30.3 Å². The molecule has 21 heavy (non-hydrogen) atoms. The lowest BCUT2D eigenvalue weighted by Gasteiger charge is -2.16. The van der Waals surface area contributed by atoms with Crippen LogP contribution in [-0.2, 0) is 11.3 Å². The van der Waals surface area contributed by atoms with Gasteiger partial charge in [0.05, 0.1) is 5.75 Å². The summed E-state index contributed by atoms with van der Waals surface area (Å²) in [6.07, 6.45) is 0. The Morgan fingerprint density at radius 1 is 1.33 bits per heavy atom. The third-order valence-corrected chi connectivity index (χ3v) is 3.82. The van der Waals surface area contributed by atoms with Gasteiger partial charge in [-0.3, -0.25) is 4.79 Å². The second kappa shape index (κ2) is 7.21. The van der Waals surface area contributed by atoms with Gasteiger partial charge in [-0.25, -0.2) is 4.68 Å². The maximum Gasteiger partial charge on any atom is 0.237 e. The average Bonchev–Trinajstić information content (AvgIpc) is 2.91. The molecule has 0 saturated carbocycles. The van der Waals surface area contributed by atoms with Gasteiger partial charge in [0, 0.05) is 19.3 Å². The van der Waals surface area contributed by atoms with E-state index >= 15 is 0 Å². The minimum atomic E-state index is 0.0188. The van der Waals surface area contributed by atoms with Gasteiger partial charge in [0.15, 0.2) is 0 Å². The molecule has 2 aromatic rings. The number of thioether (sulfide) groups is 1. The van der Waals surface area contributed by atoms with Gasteiger partial charge in [0.25, 0.3) is 0 Å². The lowest BCUT2D eigenvalue weighted by Crippen LogP contribution is -2.28. The molecule has 1 amide bonds. The van der Waals surface area contributed by atoms with E-state index in [9.17, 15) is 4.79 Å². The van der Waals surface area contributed by atoms with Crippen LogP contribution in [0.5, 0.6) is 0 Å². The van der Waals surface area contributed by atoms with Crippen molar-refractivity contribution in [2.24, 2.45) is 5.92 Å². The summed E-state index contributed by atoms with van der Waals surface area (Å²) in [6.45, 7) is 4.95. The van der Waals surface area contributed by atoms with Crippen molar-refractivity contribution in [3.63, 3.8) is 0 Å². The van der Waals surface area contributed by atoms with Gasteiger partial charge in [-0.2, -0.15) is 0 Å². The smallest absolute Gasteiger partial charge is 0.237 e. The zero-order valence-electron chi connectivity index (χ0n) is 12.4. The molecule has 2 rings (SSSR count). The first-order chi connectivity index (χ1) is 10.1. The summed E-state index contributed by atoms with van der Waals surface area (Å²) in [7, 11) is 1.77. The first-order valence-electron chi connectivity index (χ1n) is 6.78. The van der Waals surface area contributed by atoms with E-state index in [0.717, 1.165) is 12.2 Å². The number of carbonyl (C=O) groups excluding carboxylic acids is 1. The van der Waals surface area contributed by atoms with E-state index in [0.29, 0.717) is 16.8 Å². The molecule has 0 saturated heterocycles. The van der Waals surface area contributed by atoms with Crippen molar-refractivity contribution in [2.75, 3.05) is 17.7 Å². The molecular formula is C14H19N5OS. The molecule has 0 fully saturated rings. The minimum absolute atomic E-state index is 0.0188. The maximum atomic E-state index is 12.2. The van der Waals surface area contributed by atoms with Gasteiger partial charge >= 0.3 is 0 Å². The molecule has 7 heteroatoms. The van der Waals surface area contributed by atoms with Crippen LogP contribution in [0.3, 0.4) is 0 Å². The highest BCUT2D eigenvalue weighted by molar-refractivity contribution is 7.99. The molecule has 0 aliphatic rings. The summed E-state index contributed by atoms with van der Waals surface area (Å²) in [5.41, 5.74) is 0.880. The number of carbonyl (C=O) groups is 1. The Morgan fingerprint density at radius 3 is 2.71 bits per heavy atom. The molecular weight excluding hydrogens is 286 g/mol. The van der Waals surface area contributed by atoms with Crippen LogP contribution in [-0.4, -0.2) is 38.9 Å². The standard InChI is InChI=1S/C14H19N5OS/c1-11(2)9-19-14(15-16-17-19)21-10-13(20)18(3)12-7-5-4-6-8-12/h4-8,11H,9-10H2,1-3H3. The molecule has 0 atom stereocenters. The molecule has 1 aromatic heterocycles. The van der Waals surface area contributed by atoms with Crippen LogP contribution < -0.4 is 4.90 Å². The molecule has 0 bridgehead atoms. The van der Waals surface area contributed by atoms with Gasteiger partial charge in [-0.1, -0.05) is 43.8 Å². The van der Waals surface area contributed by atoms with Gasteiger partial charge in [-0.05, 0) is 28.5 Å². The molecule has 0 unspecified atom stereocenters. The number of anilines is 1. The van der Waals surface area contributed by atoms with E-state index in [1.165, 1.54) is 11.8 Å². The zero-order valence-corrected chi connectivity index (χ0v) is 13.2. The Morgan fingerprint density at radius 2 is 2.05 bits per heavy atom. The van der Waals surface area contributed by atoms with Crippen molar-refractivity contribution >= 4 is 23.4 Å². The minimum Gasteiger partial charge on any atom is -0.315 e. The maximum absolute atomic E-state index is 12.2. The number of nitrogens with zero attached hydrogens (tertiary/aromatic N) is 5. The number of aromatic nitrogens is 4. The normalized spacial score (nSPS) is 10.9. The lowest BCUT2D eigenvalue weighted by atomic mass is 10.2. The monoisotopic (exact) mass is 305 g/mol. The topological polar surface area (TPSA) is 63.9 Å². The van der Waals surface area contributed by atoms with Crippen LogP contribution in [0.15, 0.2) is 35.5 Å². The van der Waals surface area contributed by atoms with Crippen molar-refractivity contribution in [3.8, 4) is 0 Å². The Bertz CT molecular complexity index is 584. The van der Waals surface area contributed by atoms with Crippen LogP contribution in [0.4, 0.5) is 5.69 Å². The number of benzene rings is 1. The van der Waals surface area contributed by atoms with E-state index in [-0.39, 0.29) is 5.91 Å². The summed E-state index contributed by atoms with van der Waals surface area (Å²) in [6, 6.07) is 9.57. The lowest BCUT2D eigenvalue weighted by molar-refractivity contribution is -0.115. The molecule has 0 aliphatic carbocycles. The first kappa shape index (κ1) is 15.5. The first-order valence-corrected chi connectivity index (χ1v) is 7.77. The molecule has 112 valence electrons. The highest BCUT2D eigenvalue weighted by atomic mass is 32.2. The second-order valence-electron chi connectivity index (χ2n) is 5.11. The average molecular weight is 305 g/mol. The summed E-state index contributed by atoms with van der Waals surface area (Å²) < 4.78 is 1.74. The van der Waals surface area contributed by atoms with E-state index in [4.69, 9.17) is 0 Å². The number of tetrazole rings is 1. The number of hydrogen-bond donors (Lipinski definition) is 0. The van der Waals surface area contributed by atoms with Crippen LogP contribution in [0.1, 0.15) is 13.8 Å². The van der Waals surface area contributed by atoms with E-state index in [2.05, 4.69) is 29.4 Å². The molecule has 1 aromatic carbocycles. The van der Waals surface area contributed by atoms with Crippen molar-refractivity contribution in [2.45, 2.75) is 25.5 Å². The van der Waals surface area contributed by atoms with Gasteiger partial charge in [0.1, 0.15) is 0 Å². The molecule has 1 heterocycles. The van der Waals surface area contributed by atoms with Crippen molar-refractivity contribution in [1.29, 1.82) is 0 Å². The molecule has 0 spiro atoms. The van der Waals surface area contributed by atoms with E-state index in [1.54, 1.807) is 16.6 Å². The summed E-state index contributed by atoms with van der Waals surface area (Å²) in [4.78, 5) is 13.8. The van der Waals surface area contributed by atoms with Crippen molar-refractivity contribution < 1.29 is 4.79 Å². The summed E-state index contributed by atoms with van der Waals surface area (Å²) in [5.74, 6) is 0.782. The zero-order chi connectivity index (χ0) is 15.2. The number of para-hydroxylation sites is 1. The number of amides is 1. The fourth-order valence-electron chi connectivity index (χ4n) is 1.78. The Balaban J connectivity index is 1.94. The molecule has 0 aliphatic heterocycles. The molecule has 0 radical (unpaired) electrons. The van der Waals surface area contributed by atoms with E-state index < -0.39 is 0 Å². The quantitative estimate of drug-likeness (QED) is 0.765. The Labute approximate surface area is 128 Å². The SMILES string of the molecule is CC(C)Cn1nnnc1SCC(=O)N(C)c1ccccc1. The van der Waals surface area contributed by atoms with Crippen LogP contribution in [0.25, 0.3) is 0 Å². The van der Waals surface area contributed by atoms with Crippen LogP contribution >= 0.6 is 11.8 Å². The highest BCUT2D eigenvalue weighted by Crippen LogP contribution is 2.18. The van der Waals surface area contributed by atoms with Crippen molar-refractivity contribution in [3.05, 3.63) is 30.3 Å². The highest BCUT2D eigenvalue weighted by Gasteiger charge is 2.14. The Hall–Kier alpha value is -1.89. The molecule has 0 N–H and O–H groups in total. The fraction of sp³-hybridized carbons (Fsp3) is 0.429. The largest absolute Gasteiger partial charge is 0.315 e. The van der Waals surface area contributed by atoms with Crippen molar-refractivity contribution in [1.82, 2.24) is 20.2 Å². The number of rotatable bonds is 6. The van der Waals surface area contributed by atoms with Crippen LogP contribution in [0.2, 0.25) is 0 Å². The molecule has 6 nitrogen and oxygen atoms in total. The second-order valence-corrected chi connectivity index (χ2v) is 6.06. The van der Waals surface area contributed by atoms with Crippen LogP contribution in [0, 0.1) is 5.92 Å². The predicted octanol–water partition coefficient (Wildman–Crippen LogP) is 2.08. The van der Waals surface area contributed by atoms with Gasteiger partial charge in [-0.15, -0.1) is 5.10 Å². The third-order valence-electron chi connectivity index (χ3n) is 2.88. The summed E-state index contributed by atoms with van der Waals surface area (Å²) >= 11 is 1.36. The predicted molar refractivity (Wildman–Crippen MR) is 83.2 cm³/mol. The van der Waals surface area contributed by atoms with Gasteiger partial charge in [0.2, 0.25) is 11.1 Å². The fourth-order valence-corrected chi connectivity index (χ4v) is 2.58. The number of hydrogen-bond acceptors (Lipinski definition) is 5. The third kappa shape index (κ3) is 4.29. The van der Waals surface area contributed by atoms with Gasteiger partial charge < -0.3 is 4.90 Å². The Kier molecular flexibility index (Phi) is 5.32.